The summed E-state index contributed by atoms with van der Waals surface area (Å²) >= 11 is 11.9. The van der Waals surface area contributed by atoms with Crippen molar-refractivity contribution in [3.8, 4) is 0 Å². The maximum absolute atomic E-state index is 12.0. The topological polar surface area (TPSA) is 64.3 Å². The fraction of sp³-hybridized carbons (Fsp3) is 0.533. The number of carbonyl (C=O) groups excluding carboxylic acids is 1. The summed E-state index contributed by atoms with van der Waals surface area (Å²) in [5.74, 6) is 0.348. The van der Waals surface area contributed by atoms with Gasteiger partial charge >= 0.3 is 0 Å². The molecule has 0 aliphatic rings. The van der Waals surface area contributed by atoms with Gasteiger partial charge in [-0.2, -0.15) is 0 Å². The Morgan fingerprint density at radius 1 is 1.33 bits per heavy atom. The number of halogens is 2. The van der Waals surface area contributed by atoms with Gasteiger partial charge < -0.3 is 15.8 Å². The molecular formula is C15H22Cl2N2O2. The van der Waals surface area contributed by atoms with Crippen LogP contribution in [-0.4, -0.2) is 18.6 Å². The van der Waals surface area contributed by atoms with Crippen molar-refractivity contribution in [2.75, 3.05) is 17.7 Å². The fourth-order valence-electron chi connectivity index (χ4n) is 1.78. The highest BCUT2D eigenvalue weighted by Gasteiger charge is 2.16. The molecule has 0 aliphatic carbocycles. The largest absolute Gasteiger partial charge is 0.397 e. The minimum Gasteiger partial charge on any atom is -0.397 e. The van der Waals surface area contributed by atoms with Crippen molar-refractivity contribution >= 4 is 40.5 Å². The highest BCUT2D eigenvalue weighted by atomic mass is 35.5. The van der Waals surface area contributed by atoms with Crippen molar-refractivity contribution in [3.05, 3.63) is 22.2 Å². The molecule has 0 fully saturated rings. The van der Waals surface area contributed by atoms with Crippen LogP contribution in [-0.2, 0) is 9.53 Å². The van der Waals surface area contributed by atoms with Crippen molar-refractivity contribution < 1.29 is 9.53 Å². The van der Waals surface area contributed by atoms with Crippen LogP contribution in [0.5, 0.6) is 0 Å². The van der Waals surface area contributed by atoms with E-state index in [2.05, 4.69) is 19.2 Å². The molecule has 118 valence electrons. The van der Waals surface area contributed by atoms with Crippen LogP contribution in [0.25, 0.3) is 0 Å². The molecule has 0 radical (unpaired) electrons. The van der Waals surface area contributed by atoms with E-state index < -0.39 is 6.10 Å². The lowest BCUT2D eigenvalue weighted by molar-refractivity contribution is -0.126. The highest BCUT2D eigenvalue weighted by Crippen LogP contribution is 2.32. The van der Waals surface area contributed by atoms with Crippen molar-refractivity contribution in [1.82, 2.24) is 0 Å². The van der Waals surface area contributed by atoms with E-state index >= 15 is 0 Å². The molecule has 1 aromatic rings. The van der Waals surface area contributed by atoms with Gasteiger partial charge in [0.2, 0.25) is 0 Å². The van der Waals surface area contributed by atoms with Gasteiger partial charge in [0, 0.05) is 11.6 Å². The van der Waals surface area contributed by atoms with E-state index in [0.29, 0.717) is 33.9 Å². The van der Waals surface area contributed by atoms with Gasteiger partial charge in [-0.05, 0) is 37.8 Å². The molecule has 3 N–H and O–H groups in total. The predicted molar refractivity (Wildman–Crippen MR) is 89.0 cm³/mol. The summed E-state index contributed by atoms with van der Waals surface area (Å²) in [5.41, 5.74) is 6.49. The number of carbonyl (C=O) groups is 1. The molecule has 21 heavy (non-hydrogen) atoms. The summed E-state index contributed by atoms with van der Waals surface area (Å²) in [7, 11) is 0. The maximum Gasteiger partial charge on any atom is 0.253 e. The number of nitrogens with one attached hydrogen (secondary N) is 1. The Kier molecular flexibility index (Phi) is 7.29. The van der Waals surface area contributed by atoms with Crippen LogP contribution in [0.1, 0.15) is 33.6 Å². The fourth-order valence-corrected chi connectivity index (χ4v) is 2.33. The Balaban J connectivity index is 2.53. The lowest BCUT2D eigenvalue weighted by atomic mass is 10.1. The van der Waals surface area contributed by atoms with E-state index in [1.165, 1.54) is 12.1 Å². The number of anilines is 2. The first-order valence-corrected chi connectivity index (χ1v) is 7.73. The van der Waals surface area contributed by atoms with Crippen LogP contribution in [0.3, 0.4) is 0 Å². The van der Waals surface area contributed by atoms with Gasteiger partial charge in [0.05, 0.1) is 16.4 Å². The number of rotatable bonds is 7. The van der Waals surface area contributed by atoms with E-state index in [1.54, 1.807) is 6.92 Å². The van der Waals surface area contributed by atoms with Gasteiger partial charge in [0.15, 0.2) is 0 Å². The number of hydrogen-bond donors (Lipinski definition) is 2. The van der Waals surface area contributed by atoms with Crippen LogP contribution in [0.4, 0.5) is 11.4 Å². The Morgan fingerprint density at radius 2 is 2.00 bits per heavy atom. The molecular weight excluding hydrogens is 311 g/mol. The molecule has 6 heteroatoms. The minimum atomic E-state index is -0.566. The monoisotopic (exact) mass is 332 g/mol. The third-order valence-corrected chi connectivity index (χ3v) is 3.51. The zero-order valence-electron chi connectivity index (χ0n) is 12.6. The zero-order chi connectivity index (χ0) is 16.0. The number of ether oxygens (including phenoxy) is 1. The molecule has 0 heterocycles. The standard InChI is InChI=1S/C15H22Cl2N2O2/c1-9(2)5-4-6-21-10(3)15(20)19-14-12(17)7-11(16)8-13(14)18/h7-10H,4-6,18H2,1-3H3,(H,19,20). The van der Waals surface area contributed by atoms with Gasteiger partial charge in [-0.25, -0.2) is 0 Å². The third-order valence-electron chi connectivity index (χ3n) is 3.00. The van der Waals surface area contributed by atoms with Crippen molar-refractivity contribution in [3.63, 3.8) is 0 Å². The highest BCUT2D eigenvalue weighted by molar-refractivity contribution is 6.37. The Labute approximate surface area is 135 Å². The smallest absolute Gasteiger partial charge is 0.253 e. The summed E-state index contributed by atoms with van der Waals surface area (Å²) < 4.78 is 5.51. The van der Waals surface area contributed by atoms with Gasteiger partial charge in [0.25, 0.3) is 5.91 Å². The molecule has 0 bridgehead atoms. The van der Waals surface area contributed by atoms with Gasteiger partial charge in [-0.3, -0.25) is 4.79 Å². The Hall–Kier alpha value is -0.970. The van der Waals surface area contributed by atoms with Crippen LogP contribution < -0.4 is 11.1 Å². The number of nitrogens with two attached hydrogens (primary N) is 1. The lowest BCUT2D eigenvalue weighted by Gasteiger charge is -2.16. The minimum absolute atomic E-state index is 0.282. The second-order valence-electron chi connectivity index (χ2n) is 5.39. The SMILES string of the molecule is CC(C)CCCOC(C)C(=O)Nc1c(N)cc(Cl)cc1Cl. The first kappa shape index (κ1) is 18.1. The number of amides is 1. The summed E-state index contributed by atoms with van der Waals surface area (Å²) in [4.78, 5) is 12.0. The van der Waals surface area contributed by atoms with Crippen LogP contribution in [0.15, 0.2) is 12.1 Å². The summed E-state index contributed by atoms with van der Waals surface area (Å²) in [6, 6.07) is 3.07. The summed E-state index contributed by atoms with van der Waals surface area (Å²) in [6.45, 7) is 6.56. The molecule has 1 amide bonds. The molecule has 1 unspecified atom stereocenters. The molecule has 0 saturated carbocycles. The average Bonchev–Trinajstić information content (AvgIpc) is 2.38. The van der Waals surface area contributed by atoms with Crippen molar-refractivity contribution in [2.24, 2.45) is 5.92 Å². The molecule has 1 rings (SSSR count). The van der Waals surface area contributed by atoms with Crippen molar-refractivity contribution in [2.45, 2.75) is 39.7 Å². The molecule has 1 aromatic carbocycles. The van der Waals surface area contributed by atoms with Gasteiger partial charge in [-0.1, -0.05) is 37.0 Å². The van der Waals surface area contributed by atoms with Gasteiger partial charge in [-0.15, -0.1) is 0 Å². The van der Waals surface area contributed by atoms with E-state index in [9.17, 15) is 4.79 Å². The molecule has 0 aromatic heterocycles. The van der Waals surface area contributed by atoms with E-state index in [1.807, 2.05) is 0 Å². The number of nitrogen functional groups attached to an aromatic ring is 1. The maximum atomic E-state index is 12.0. The first-order chi connectivity index (χ1) is 9.81. The van der Waals surface area contributed by atoms with Crippen LogP contribution in [0.2, 0.25) is 10.0 Å². The Morgan fingerprint density at radius 3 is 2.57 bits per heavy atom. The second-order valence-corrected chi connectivity index (χ2v) is 6.23. The predicted octanol–water partition coefficient (Wildman–Crippen LogP) is 4.36. The van der Waals surface area contributed by atoms with Crippen LogP contribution >= 0.6 is 23.2 Å². The third kappa shape index (κ3) is 6.12. The zero-order valence-corrected chi connectivity index (χ0v) is 14.1. The molecule has 0 aliphatic heterocycles. The average molecular weight is 333 g/mol. The summed E-state index contributed by atoms with van der Waals surface area (Å²) in [5, 5.41) is 3.41. The van der Waals surface area contributed by atoms with Crippen LogP contribution in [0, 0.1) is 5.92 Å². The normalized spacial score (nSPS) is 12.5. The molecule has 4 nitrogen and oxygen atoms in total. The Bertz CT molecular complexity index is 470. The van der Waals surface area contributed by atoms with E-state index in [-0.39, 0.29) is 5.91 Å². The van der Waals surface area contributed by atoms with Crippen molar-refractivity contribution in [1.29, 1.82) is 0 Å². The number of benzene rings is 1. The quantitative estimate of drug-likeness (QED) is 0.576. The molecule has 0 saturated heterocycles. The summed E-state index contributed by atoms with van der Waals surface area (Å²) in [6.07, 6.45) is 1.44. The van der Waals surface area contributed by atoms with Gasteiger partial charge in [0.1, 0.15) is 6.10 Å². The van der Waals surface area contributed by atoms with E-state index in [4.69, 9.17) is 33.7 Å². The van der Waals surface area contributed by atoms with E-state index in [0.717, 1.165) is 12.8 Å². The molecule has 0 spiro atoms. The first-order valence-electron chi connectivity index (χ1n) is 6.98. The number of hydrogen-bond acceptors (Lipinski definition) is 3. The lowest BCUT2D eigenvalue weighted by Crippen LogP contribution is -2.28. The molecule has 1 atom stereocenters. The second kappa shape index (κ2) is 8.47.